The molecule has 0 aliphatic carbocycles. The lowest BCUT2D eigenvalue weighted by molar-refractivity contribution is 0.0948. The number of amides is 1. The van der Waals surface area contributed by atoms with Crippen molar-refractivity contribution in [2.45, 2.75) is 26.1 Å². The van der Waals surface area contributed by atoms with E-state index in [1.807, 2.05) is 36.4 Å². The van der Waals surface area contributed by atoms with E-state index in [1.165, 1.54) is 5.56 Å². The van der Waals surface area contributed by atoms with E-state index in [-0.39, 0.29) is 11.9 Å². The molecule has 0 spiro atoms. The first-order valence-corrected chi connectivity index (χ1v) is 8.81. The molecule has 1 atom stereocenters. The molecular weight excluding hydrogens is 320 g/mol. The number of hydrogen-bond donors (Lipinski definition) is 2. The summed E-state index contributed by atoms with van der Waals surface area (Å²) < 4.78 is 5.22. The highest BCUT2D eigenvalue weighted by atomic mass is 32.1. The normalized spacial score (nSPS) is 12.0. The first-order chi connectivity index (χ1) is 11.7. The first kappa shape index (κ1) is 16.5. The van der Waals surface area contributed by atoms with Crippen molar-refractivity contribution in [3.63, 3.8) is 0 Å². The van der Waals surface area contributed by atoms with E-state index in [1.54, 1.807) is 17.6 Å². The van der Waals surface area contributed by atoms with Gasteiger partial charge in [-0.05, 0) is 59.1 Å². The summed E-state index contributed by atoms with van der Waals surface area (Å²) in [6, 6.07) is 13.7. The van der Waals surface area contributed by atoms with Crippen LogP contribution in [0.1, 0.15) is 40.2 Å². The lowest BCUT2D eigenvalue weighted by Crippen LogP contribution is -2.23. The minimum absolute atomic E-state index is 0.0980. The number of carbonyl (C=O) groups excluding carboxylic acids is 1. The van der Waals surface area contributed by atoms with Crippen molar-refractivity contribution in [3.8, 4) is 0 Å². The fourth-order valence-electron chi connectivity index (χ4n) is 2.42. The molecule has 3 aromatic rings. The molecule has 4 nitrogen and oxygen atoms in total. The standard InChI is InChI=1S/C19H20N2O2S/c1-14(17-7-9-24-13-17)20-11-15-4-2-5-16(10-15)19(22)21-12-18-6-3-8-23-18/h2-10,13-14,20H,11-12H2,1H3,(H,21,22)/t14-/m1/s1. The molecule has 2 N–H and O–H groups in total. The Morgan fingerprint density at radius 1 is 1.21 bits per heavy atom. The second kappa shape index (κ2) is 7.95. The van der Waals surface area contributed by atoms with Crippen LogP contribution in [0.15, 0.2) is 63.9 Å². The molecule has 0 radical (unpaired) electrons. The molecule has 2 aromatic heterocycles. The average Bonchev–Trinajstić information content (AvgIpc) is 3.31. The smallest absolute Gasteiger partial charge is 0.251 e. The molecule has 0 saturated heterocycles. The number of hydrogen-bond acceptors (Lipinski definition) is 4. The Morgan fingerprint density at radius 3 is 2.88 bits per heavy atom. The third-order valence-electron chi connectivity index (χ3n) is 3.85. The highest BCUT2D eigenvalue weighted by Crippen LogP contribution is 2.16. The van der Waals surface area contributed by atoms with Crippen LogP contribution in [0.4, 0.5) is 0 Å². The number of carbonyl (C=O) groups is 1. The number of rotatable bonds is 7. The predicted octanol–water partition coefficient (Wildman–Crippen LogP) is 4.12. The Hall–Kier alpha value is -2.37. The van der Waals surface area contributed by atoms with Crippen molar-refractivity contribution < 1.29 is 9.21 Å². The van der Waals surface area contributed by atoms with E-state index < -0.39 is 0 Å². The Kier molecular flexibility index (Phi) is 5.46. The number of nitrogens with one attached hydrogen (secondary N) is 2. The molecule has 0 fully saturated rings. The zero-order valence-electron chi connectivity index (χ0n) is 13.5. The molecule has 124 valence electrons. The molecule has 0 unspecified atom stereocenters. The van der Waals surface area contributed by atoms with Gasteiger partial charge in [0.2, 0.25) is 0 Å². The molecule has 3 rings (SSSR count). The van der Waals surface area contributed by atoms with Crippen molar-refractivity contribution in [1.29, 1.82) is 0 Å². The third-order valence-corrected chi connectivity index (χ3v) is 4.55. The van der Waals surface area contributed by atoms with Gasteiger partial charge in [0.05, 0.1) is 12.8 Å². The lowest BCUT2D eigenvalue weighted by atomic mass is 10.1. The van der Waals surface area contributed by atoms with Crippen molar-refractivity contribution in [2.24, 2.45) is 0 Å². The Balaban J connectivity index is 1.56. The Bertz CT molecular complexity index is 767. The summed E-state index contributed by atoms with van der Waals surface area (Å²) >= 11 is 1.70. The SMILES string of the molecule is C[C@@H](NCc1cccc(C(=O)NCc2ccco2)c1)c1ccsc1. The van der Waals surface area contributed by atoms with Crippen LogP contribution in [-0.4, -0.2) is 5.91 Å². The van der Waals surface area contributed by atoms with Gasteiger partial charge in [0.25, 0.3) is 5.91 Å². The number of furan rings is 1. The van der Waals surface area contributed by atoms with Crippen LogP contribution in [0.25, 0.3) is 0 Å². The Labute approximate surface area is 145 Å². The fourth-order valence-corrected chi connectivity index (χ4v) is 3.17. The number of benzene rings is 1. The van der Waals surface area contributed by atoms with Gasteiger partial charge in [-0.25, -0.2) is 0 Å². The van der Waals surface area contributed by atoms with Gasteiger partial charge in [-0.3, -0.25) is 4.79 Å². The molecule has 0 aliphatic rings. The molecule has 1 aromatic carbocycles. The van der Waals surface area contributed by atoms with Gasteiger partial charge in [-0.15, -0.1) is 0 Å². The largest absolute Gasteiger partial charge is 0.467 e. The maximum atomic E-state index is 12.2. The fraction of sp³-hybridized carbons (Fsp3) is 0.211. The Morgan fingerprint density at radius 2 is 2.12 bits per heavy atom. The summed E-state index contributed by atoms with van der Waals surface area (Å²) in [5.41, 5.74) is 3.03. The molecule has 1 amide bonds. The maximum absolute atomic E-state index is 12.2. The van der Waals surface area contributed by atoms with Crippen molar-refractivity contribution in [3.05, 3.63) is 81.9 Å². The topological polar surface area (TPSA) is 54.3 Å². The second-order valence-corrected chi connectivity index (χ2v) is 6.40. The van der Waals surface area contributed by atoms with E-state index in [9.17, 15) is 4.79 Å². The average molecular weight is 340 g/mol. The van der Waals surface area contributed by atoms with E-state index in [4.69, 9.17) is 4.42 Å². The molecule has 0 bridgehead atoms. The molecule has 24 heavy (non-hydrogen) atoms. The van der Waals surface area contributed by atoms with Crippen LogP contribution >= 0.6 is 11.3 Å². The third kappa shape index (κ3) is 4.34. The van der Waals surface area contributed by atoms with Gasteiger partial charge in [-0.2, -0.15) is 11.3 Å². The van der Waals surface area contributed by atoms with E-state index in [0.29, 0.717) is 12.1 Å². The van der Waals surface area contributed by atoms with E-state index in [2.05, 4.69) is 34.4 Å². The van der Waals surface area contributed by atoms with E-state index >= 15 is 0 Å². The van der Waals surface area contributed by atoms with Crippen LogP contribution < -0.4 is 10.6 Å². The van der Waals surface area contributed by atoms with Crippen LogP contribution in [0.5, 0.6) is 0 Å². The van der Waals surface area contributed by atoms with Gasteiger partial charge in [-0.1, -0.05) is 12.1 Å². The maximum Gasteiger partial charge on any atom is 0.251 e. The van der Waals surface area contributed by atoms with Crippen LogP contribution in [0.2, 0.25) is 0 Å². The minimum Gasteiger partial charge on any atom is -0.467 e. The van der Waals surface area contributed by atoms with Crippen molar-refractivity contribution >= 4 is 17.2 Å². The molecule has 2 heterocycles. The summed E-state index contributed by atoms with van der Waals surface area (Å²) in [5.74, 6) is 0.643. The van der Waals surface area contributed by atoms with Crippen LogP contribution in [-0.2, 0) is 13.1 Å². The summed E-state index contributed by atoms with van der Waals surface area (Å²) in [4.78, 5) is 12.2. The highest BCUT2D eigenvalue weighted by Gasteiger charge is 2.08. The molecule has 5 heteroatoms. The zero-order chi connectivity index (χ0) is 16.8. The minimum atomic E-state index is -0.0980. The van der Waals surface area contributed by atoms with Crippen molar-refractivity contribution in [2.75, 3.05) is 0 Å². The van der Waals surface area contributed by atoms with Gasteiger partial charge in [0, 0.05) is 18.2 Å². The monoisotopic (exact) mass is 340 g/mol. The molecular formula is C19H20N2O2S. The van der Waals surface area contributed by atoms with Crippen molar-refractivity contribution in [1.82, 2.24) is 10.6 Å². The lowest BCUT2D eigenvalue weighted by Gasteiger charge is -2.13. The predicted molar refractivity (Wildman–Crippen MR) is 95.9 cm³/mol. The summed E-state index contributed by atoms with van der Waals surface area (Å²) in [6.45, 7) is 3.25. The van der Waals surface area contributed by atoms with E-state index in [0.717, 1.165) is 17.9 Å². The van der Waals surface area contributed by atoms with Gasteiger partial charge in [0.15, 0.2) is 0 Å². The molecule has 0 aliphatic heterocycles. The summed E-state index contributed by atoms with van der Waals surface area (Å²) in [5, 5.41) is 10.6. The highest BCUT2D eigenvalue weighted by molar-refractivity contribution is 7.07. The second-order valence-electron chi connectivity index (χ2n) is 5.62. The van der Waals surface area contributed by atoms with Crippen LogP contribution in [0, 0.1) is 0 Å². The van der Waals surface area contributed by atoms with Gasteiger partial charge in [0.1, 0.15) is 5.76 Å². The van der Waals surface area contributed by atoms with Gasteiger partial charge >= 0.3 is 0 Å². The molecule has 0 saturated carbocycles. The van der Waals surface area contributed by atoms with Gasteiger partial charge < -0.3 is 15.1 Å². The summed E-state index contributed by atoms with van der Waals surface area (Å²) in [6.07, 6.45) is 1.60. The summed E-state index contributed by atoms with van der Waals surface area (Å²) in [7, 11) is 0. The van der Waals surface area contributed by atoms with Crippen LogP contribution in [0.3, 0.4) is 0 Å². The quantitative estimate of drug-likeness (QED) is 0.680. The first-order valence-electron chi connectivity index (χ1n) is 7.87. The zero-order valence-corrected chi connectivity index (χ0v) is 14.3. The number of thiophene rings is 1.